The first kappa shape index (κ1) is 14.9. The van der Waals surface area contributed by atoms with Crippen LogP contribution in [-0.2, 0) is 10.0 Å². The van der Waals surface area contributed by atoms with Gasteiger partial charge in [-0.2, -0.15) is 0 Å². The van der Waals surface area contributed by atoms with Crippen LogP contribution in [0.25, 0.3) is 0 Å². The fourth-order valence-corrected chi connectivity index (χ4v) is 3.61. The molecule has 1 aromatic carbocycles. The molecule has 6 heteroatoms. The second-order valence-electron chi connectivity index (χ2n) is 5.15. The molecule has 1 fully saturated rings. The molecule has 0 atom stereocenters. The summed E-state index contributed by atoms with van der Waals surface area (Å²) in [5.41, 5.74) is 0.135. The summed E-state index contributed by atoms with van der Waals surface area (Å²) in [6.07, 6.45) is 4.22. The first-order valence-electron chi connectivity index (χ1n) is 6.33. The molecule has 0 amide bonds. The molecule has 1 aliphatic rings. The third-order valence-electron chi connectivity index (χ3n) is 3.58. The number of hydrogen-bond acceptors (Lipinski definition) is 2. The van der Waals surface area contributed by atoms with E-state index in [0.29, 0.717) is 6.54 Å². The van der Waals surface area contributed by atoms with E-state index in [0.717, 1.165) is 31.7 Å². The molecule has 1 aliphatic carbocycles. The van der Waals surface area contributed by atoms with E-state index in [1.54, 1.807) is 0 Å². The maximum atomic E-state index is 13.4. The Hall–Kier alpha value is -0.460. The van der Waals surface area contributed by atoms with Crippen LogP contribution in [-0.4, -0.2) is 15.0 Å². The maximum absolute atomic E-state index is 13.4. The Bertz CT molecular complexity index is 570. The zero-order valence-corrected chi connectivity index (χ0v) is 13.2. The van der Waals surface area contributed by atoms with Gasteiger partial charge < -0.3 is 0 Å². The van der Waals surface area contributed by atoms with Gasteiger partial charge in [0.25, 0.3) is 0 Å². The summed E-state index contributed by atoms with van der Waals surface area (Å²) in [5.74, 6) is -0.572. The van der Waals surface area contributed by atoms with Crippen LogP contribution in [0.5, 0.6) is 0 Å². The normalized spacial score (nSPS) is 17.4. The summed E-state index contributed by atoms with van der Waals surface area (Å²) in [6, 6.07) is 3.84. The highest BCUT2D eigenvalue weighted by atomic mass is 79.9. The number of hydrogen-bond donors (Lipinski definition) is 1. The zero-order valence-electron chi connectivity index (χ0n) is 10.7. The molecule has 0 spiro atoms. The largest absolute Gasteiger partial charge is 0.240 e. The first-order chi connectivity index (χ1) is 8.88. The minimum Gasteiger partial charge on any atom is -0.211 e. The summed E-state index contributed by atoms with van der Waals surface area (Å²) < 4.78 is 40.4. The van der Waals surface area contributed by atoms with E-state index >= 15 is 0 Å². The highest BCUT2D eigenvalue weighted by Crippen LogP contribution is 2.49. The Balaban J connectivity index is 2.08. The van der Waals surface area contributed by atoms with Crippen LogP contribution in [0.3, 0.4) is 0 Å². The van der Waals surface area contributed by atoms with Gasteiger partial charge in [0.2, 0.25) is 10.0 Å². The Kier molecular flexibility index (Phi) is 4.32. The van der Waals surface area contributed by atoms with Crippen LogP contribution >= 0.6 is 15.9 Å². The van der Waals surface area contributed by atoms with Crippen LogP contribution in [0.4, 0.5) is 4.39 Å². The van der Waals surface area contributed by atoms with E-state index in [9.17, 15) is 12.8 Å². The van der Waals surface area contributed by atoms with E-state index in [1.807, 2.05) is 0 Å². The number of benzene rings is 1. The fourth-order valence-electron chi connectivity index (χ4n) is 2.20. The number of nitrogens with one attached hydrogen (secondary N) is 1. The predicted molar refractivity (Wildman–Crippen MR) is 75.9 cm³/mol. The molecule has 1 aromatic rings. The van der Waals surface area contributed by atoms with E-state index in [4.69, 9.17) is 0 Å². The van der Waals surface area contributed by atoms with Crippen molar-refractivity contribution in [3.63, 3.8) is 0 Å². The molecule has 1 saturated carbocycles. The van der Waals surface area contributed by atoms with Gasteiger partial charge >= 0.3 is 0 Å². The van der Waals surface area contributed by atoms with Gasteiger partial charge in [0.05, 0.1) is 9.37 Å². The number of sulfonamides is 1. The molecule has 1 N–H and O–H groups in total. The first-order valence-corrected chi connectivity index (χ1v) is 8.61. The Labute approximate surface area is 121 Å². The summed E-state index contributed by atoms with van der Waals surface area (Å²) in [5, 5.41) is 0. The van der Waals surface area contributed by atoms with E-state index in [-0.39, 0.29) is 14.8 Å². The van der Waals surface area contributed by atoms with Gasteiger partial charge in [-0.25, -0.2) is 17.5 Å². The van der Waals surface area contributed by atoms with E-state index < -0.39 is 15.8 Å². The average molecular weight is 350 g/mol. The van der Waals surface area contributed by atoms with Gasteiger partial charge in [0.1, 0.15) is 5.82 Å². The summed E-state index contributed by atoms with van der Waals surface area (Å²) in [6.45, 7) is 2.54. The highest BCUT2D eigenvalue weighted by Gasteiger charge is 2.42. The molecule has 0 bridgehead atoms. The van der Waals surface area contributed by atoms with Crippen LogP contribution in [0.15, 0.2) is 27.6 Å². The lowest BCUT2D eigenvalue weighted by Gasteiger charge is -2.15. The van der Waals surface area contributed by atoms with Gasteiger partial charge in [-0.3, -0.25) is 0 Å². The molecule has 0 heterocycles. The van der Waals surface area contributed by atoms with Gasteiger partial charge in [-0.1, -0.05) is 13.3 Å². The lowest BCUT2D eigenvalue weighted by Crippen LogP contribution is -2.30. The van der Waals surface area contributed by atoms with Crippen molar-refractivity contribution in [2.24, 2.45) is 5.41 Å². The van der Waals surface area contributed by atoms with Crippen molar-refractivity contribution in [2.75, 3.05) is 6.54 Å². The number of rotatable bonds is 6. The maximum Gasteiger partial charge on any atom is 0.240 e. The standard InChI is InChI=1S/C13H17BrFNO2S/c1-2-5-13(6-7-13)9-16-19(17,18)10-3-4-11(14)12(15)8-10/h3-4,8,16H,2,5-7,9H2,1H3. The Morgan fingerprint density at radius 2 is 2.11 bits per heavy atom. The molecular weight excluding hydrogens is 333 g/mol. The molecule has 0 aromatic heterocycles. The molecular formula is C13H17BrFNO2S. The molecule has 2 rings (SSSR count). The van der Waals surface area contributed by atoms with Crippen LogP contribution < -0.4 is 4.72 Å². The van der Waals surface area contributed by atoms with Crippen molar-refractivity contribution >= 4 is 26.0 Å². The lowest BCUT2D eigenvalue weighted by atomic mass is 10.0. The second-order valence-corrected chi connectivity index (χ2v) is 7.77. The third-order valence-corrected chi connectivity index (χ3v) is 5.62. The van der Waals surface area contributed by atoms with Crippen molar-refractivity contribution < 1.29 is 12.8 Å². The van der Waals surface area contributed by atoms with Crippen molar-refractivity contribution in [3.8, 4) is 0 Å². The molecule has 0 saturated heterocycles. The predicted octanol–water partition coefficient (Wildman–Crippen LogP) is 3.45. The monoisotopic (exact) mass is 349 g/mol. The van der Waals surface area contributed by atoms with E-state index in [2.05, 4.69) is 27.6 Å². The Morgan fingerprint density at radius 1 is 1.42 bits per heavy atom. The third kappa shape index (κ3) is 3.55. The molecule has 106 valence electrons. The second kappa shape index (κ2) is 5.50. The smallest absolute Gasteiger partial charge is 0.211 e. The van der Waals surface area contributed by atoms with Crippen LogP contribution in [0.2, 0.25) is 0 Å². The molecule has 3 nitrogen and oxygen atoms in total. The minimum atomic E-state index is -3.62. The molecule has 0 aliphatic heterocycles. The summed E-state index contributed by atoms with van der Waals surface area (Å²) >= 11 is 3.01. The van der Waals surface area contributed by atoms with Crippen molar-refractivity contribution in [1.29, 1.82) is 0 Å². The number of halogens is 2. The molecule has 19 heavy (non-hydrogen) atoms. The lowest BCUT2D eigenvalue weighted by molar-refractivity contribution is 0.449. The molecule has 0 unspecified atom stereocenters. The topological polar surface area (TPSA) is 46.2 Å². The average Bonchev–Trinajstić information content (AvgIpc) is 3.11. The van der Waals surface area contributed by atoms with E-state index in [1.165, 1.54) is 12.1 Å². The van der Waals surface area contributed by atoms with Gasteiger partial charge in [-0.15, -0.1) is 0 Å². The van der Waals surface area contributed by atoms with Gasteiger partial charge in [0.15, 0.2) is 0 Å². The van der Waals surface area contributed by atoms with Crippen molar-refractivity contribution in [2.45, 2.75) is 37.5 Å². The minimum absolute atomic E-state index is 0.0273. The van der Waals surface area contributed by atoms with Crippen LogP contribution in [0.1, 0.15) is 32.6 Å². The SMILES string of the molecule is CCCC1(CNS(=O)(=O)c2ccc(Br)c(F)c2)CC1. The highest BCUT2D eigenvalue weighted by molar-refractivity contribution is 9.10. The van der Waals surface area contributed by atoms with Crippen LogP contribution in [0, 0.1) is 11.2 Å². The fraction of sp³-hybridized carbons (Fsp3) is 0.538. The molecule has 0 radical (unpaired) electrons. The quantitative estimate of drug-likeness (QED) is 0.854. The van der Waals surface area contributed by atoms with Crippen molar-refractivity contribution in [1.82, 2.24) is 4.72 Å². The summed E-state index contributed by atoms with van der Waals surface area (Å²) in [4.78, 5) is -0.0273. The summed E-state index contributed by atoms with van der Waals surface area (Å²) in [7, 11) is -3.62. The van der Waals surface area contributed by atoms with Gasteiger partial charge in [-0.05, 0) is 58.8 Å². The van der Waals surface area contributed by atoms with Gasteiger partial charge in [0, 0.05) is 6.54 Å². The van der Waals surface area contributed by atoms with Crippen molar-refractivity contribution in [3.05, 3.63) is 28.5 Å². The zero-order chi connectivity index (χ0) is 14.1. The Morgan fingerprint density at radius 3 is 2.63 bits per heavy atom.